The molecule has 16 heavy (non-hydrogen) atoms. The lowest BCUT2D eigenvalue weighted by Gasteiger charge is -2.08. The third-order valence-corrected chi connectivity index (χ3v) is 3.16. The molecular formula is C14H14N2. The second-order valence-corrected chi connectivity index (χ2v) is 4.36. The molecule has 0 atom stereocenters. The van der Waals surface area contributed by atoms with E-state index in [1.807, 2.05) is 6.92 Å². The summed E-state index contributed by atoms with van der Waals surface area (Å²) in [7, 11) is 0. The molecule has 1 aromatic carbocycles. The van der Waals surface area contributed by atoms with Crippen LogP contribution in [0.15, 0.2) is 30.3 Å². The number of aromatic nitrogens is 2. The molecule has 0 bridgehead atoms. The van der Waals surface area contributed by atoms with Crippen LogP contribution in [0.1, 0.15) is 23.4 Å². The van der Waals surface area contributed by atoms with Crippen LogP contribution in [0.5, 0.6) is 0 Å². The normalized spacial score (nSPS) is 13.8. The monoisotopic (exact) mass is 210 g/mol. The van der Waals surface area contributed by atoms with Crippen molar-refractivity contribution in [2.75, 3.05) is 0 Å². The molecule has 0 radical (unpaired) electrons. The highest BCUT2D eigenvalue weighted by Crippen LogP contribution is 2.31. The summed E-state index contributed by atoms with van der Waals surface area (Å²) in [5.74, 6) is 0. The van der Waals surface area contributed by atoms with Crippen LogP contribution in [-0.2, 0) is 12.8 Å². The molecule has 2 heteroatoms. The maximum atomic E-state index is 4.33. The van der Waals surface area contributed by atoms with Gasteiger partial charge >= 0.3 is 0 Å². The molecule has 0 fully saturated rings. The molecule has 1 heterocycles. The Labute approximate surface area is 95.4 Å². The molecule has 0 unspecified atom stereocenters. The highest BCUT2D eigenvalue weighted by Gasteiger charge is 2.15. The smallest absolute Gasteiger partial charge is 0.0709 e. The third kappa shape index (κ3) is 1.51. The maximum Gasteiger partial charge on any atom is 0.0709 e. The zero-order valence-corrected chi connectivity index (χ0v) is 9.40. The van der Waals surface area contributed by atoms with Gasteiger partial charge in [-0.2, -0.15) is 10.2 Å². The largest absolute Gasteiger partial charge is 0.156 e. The minimum atomic E-state index is 0.996. The van der Waals surface area contributed by atoms with Crippen LogP contribution in [0.3, 0.4) is 0 Å². The number of hydrogen-bond acceptors (Lipinski definition) is 2. The van der Waals surface area contributed by atoms with Gasteiger partial charge in [0.2, 0.25) is 0 Å². The fraction of sp³-hybridized carbons (Fsp3) is 0.286. The molecule has 1 aliphatic rings. The topological polar surface area (TPSA) is 25.8 Å². The number of hydrogen-bond donors (Lipinski definition) is 0. The summed E-state index contributed by atoms with van der Waals surface area (Å²) >= 11 is 0. The summed E-state index contributed by atoms with van der Waals surface area (Å²) in [6, 6.07) is 10.8. The van der Waals surface area contributed by atoms with Gasteiger partial charge in [0.15, 0.2) is 0 Å². The summed E-state index contributed by atoms with van der Waals surface area (Å²) in [5.41, 5.74) is 6.20. The predicted molar refractivity (Wildman–Crippen MR) is 64.2 cm³/mol. The van der Waals surface area contributed by atoms with Gasteiger partial charge in [-0.05, 0) is 43.4 Å². The van der Waals surface area contributed by atoms with Crippen molar-refractivity contribution in [2.45, 2.75) is 26.2 Å². The van der Waals surface area contributed by atoms with Crippen LogP contribution in [0.4, 0.5) is 0 Å². The Morgan fingerprint density at radius 1 is 1.00 bits per heavy atom. The summed E-state index contributed by atoms with van der Waals surface area (Å²) in [5, 5.41) is 8.48. The molecule has 0 aliphatic heterocycles. The zero-order valence-electron chi connectivity index (χ0n) is 9.40. The van der Waals surface area contributed by atoms with E-state index < -0.39 is 0 Å². The molecule has 0 saturated carbocycles. The van der Waals surface area contributed by atoms with Crippen molar-refractivity contribution in [2.24, 2.45) is 0 Å². The van der Waals surface area contributed by atoms with E-state index in [1.165, 1.54) is 23.1 Å². The van der Waals surface area contributed by atoms with Crippen molar-refractivity contribution in [3.63, 3.8) is 0 Å². The van der Waals surface area contributed by atoms with Crippen molar-refractivity contribution >= 4 is 0 Å². The van der Waals surface area contributed by atoms with E-state index in [9.17, 15) is 0 Å². The van der Waals surface area contributed by atoms with Gasteiger partial charge in [0.05, 0.1) is 11.4 Å². The van der Waals surface area contributed by atoms with Gasteiger partial charge in [-0.3, -0.25) is 0 Å². The van der Waals surface area contributed by atoms with Crippen molar-refractivity contribution in [3.8, 4) is 11.1 Å². The number of fused-ring (bicyclic) bond motifs is 3. The zero-order chi connectivity index (χ0) is 11.0. The van der Waals surface area contributed by atoms with Gasteiger partial charge in [-0.25, -0.2) is 0 Å². The number of benzene rings is 1. The second-order valence-electron chi connectivity index (χ2n) is 4.36. The average Bonchev–Trinajstić information content (AvgIpc) is 2.48. The highest BCUT2D eigenvalue weighted by atomic mass is 15.1. The second kappa shape index (κ2) is 3.71. The fourth-order valence-corrected chi connectivity index (χ4v) is 2.38. The fourth-order valence-electron chi connectivity index (χ4n) is 2.38. The Balaban J connectivity index is 2.28. The maximum absolute atomic E-state index is 4.33. The molecule has 1 aromatic heterocycles. The summed E-state index contributed by atoms with van der Waals surface area (Å²) in [6.45, 7) is 2.00. The van der Waals surface area contributed by atoms with Crippen LogP contribution in [0.2, 0.25) is 0 Å². The molecule has 2 aromatic rings. The van der Waals surface area contributed by atoms with Crippen LogP contribution >= 0.6 is 0 Å². The lowest BCUT2D eigenvalue weighted by molar-refractivity contribution is 0.788. The van der Waals surface area contributed by atoms with E-state index >= 15 is 0 Å². The first-order valence-electron chi connectivity index (χ1n) is 5.76. The first-order valence-corrected chi connectivity index (χ1v) is 5.76. The lowest BCUT2D eigenvalue weighted by atomic mass is 9.99. The van der Waals surface area contributed by atoms with E-state index in [-0.39, 0.29) is 0 Å². The van der Waals surface area contributed by atoms with Gasteiger partial charge in [0.1, 0.15) is 0 Å². The minimum Gasteiger partial charge on any atom is -0.156 e. The molecule has 0 saturated heterocycles. The van der Waals surface area contributed by atoms with Crippen LogP contribution < -0.4 is 0 Å². The Kier molecular flexibility index (Phi) is 2.21. The van der Waals surface area contributed by atoms with E-state index in [0.717, 1.165) is 24.2 Å². The number of nitrogens with zero attached hydrogens (tertiary/aromatic N) is 2. The predicted octanol–water partition coefficient (Wildman–Crippen LogP) is 2.94. The molecule has 0 spiro atoms. The van der Waals surface area contributed by atoms with E-state index in [1.54, 1.807) is 0 Å². The van der Waals surface area contributed by atoms with Gasteiger partial charge in [0, 0.05) is 5.56 Å². The first-order chi connectivity index (χ1) is 7.84. The number of aryl methyl sites for hydroxylation is 3. The molecule has 1 aliphatic carbocycles. The van der Waals surface area contributed by atoms with Gasteiger partial charge in [0.25, 0.3) is 0 Å². The van der Waals surface area contributed by atoms with Crippen LogP contribution in [0, 0.1) is 6.92 Å². The van der Waals surface area contributed by atoms with E-state index in [2.05, 4.69) is 40.5 Å². The molecule has 3 rings (SSSR count). The van der Waals surface area contributed by atoms with Crippen molar-refractivity contribution in [1.82, 2.24) is 10.2 Å². The molecular weight excluding hydrogens is 196 g/mol. The third-order valence-electron chi connectivity index (χ3n) is 3.16. The molecule has 0 N–H and O–H groups in total. The van der Waals surface area contributed by atoms with Crippen molar-refractivity contribution < 1.29 is 0 Å². The van der Waals surface area contributed by atoms with E-state index in [0.29, 0.717) is 0 Å². The molecule has 80 valence electrons. The Bertz CT molecular complexity index is 532. The standard InChI is InChI=1S/C14H14N2/c1-10-9-13-12-7-3-2-5-11(12)6-4-8-14(13)16-15-10/h2-3,5,7,9H,4,6,8H2,1H3. The van der Waals surface area contributed by atoms with Crippen molar-refractivity contribution in [3.05, 3.63) is 47.3 Å². The molecule has 2 nitrogen and oxygen atoms in total. The van der Waals surface area contributed by atoms with Gasteiger partial charge in [-0.15, -0.1) is 0 Å². The van der Waals surface area contributed by atoms with E-state index in [4.69, 9.17) is 0 Å². The van der Waals surface area contributed by atoms with Crippen LogP contribution in [-0.4, -0.2) is 10.2 Å². The number of rotatable bonds is 0. The SMILES string of the molecule is Cc1cc2c(nn1)CCCc1ccccc1-2. The first kappa shape index (κ1) is 9.52. The van der Waals surface area contributed by atoms with Crippen molar-refractivity contribution in [1.29, 1.82) is 0 Å². The summed E-state index contributed by atoms with van der Waals surface area (Å²) in [4.78, 5) is 0. The highest BCUT2D eigenvalue weighted by molar-refractivity contribution is 5.70. The summed E-state index contributed by atoms with van der Waals surface area (Å²) < 4.78 is 0. The Morgan fingerprint density at radius 2 is 1.88 bits per heavy atom. The molecule has 0 amide bonds. The van der Waals surface area contributed by atoms with Gasteiger partial charge in [-0.1, -0.05) is 24.3 Å². The Morgan fingerprint density at radius 3 is 2.81 bits per heavy atom. The lowest BCUT2D eigenvalue weighted by Crippen LogP contribution is -1.97. The Hall–Kier alpha value is -1.70. The average molecular weight is 210 g/mol. The quantitative estimate of drug-likeness (QED) is 0.668. The minimum absolute atomic E-state index is 0.996. The summed E-state index contributed by atoms with van der Waals surface area (Å²) in [6.07, 6.45) is 3.35. The van der Waals surface area contributed by atoms with Crippen LogP contribution in [0.25, 0.3) is 11.1 Å². The van der Waals surface area contributed by atoms with Gasteiger partial charge < -0.3 is 0 Å².